The van der Waals surface area contributed by atoms with E-state index >= 15 is 0 Å². The van der Waals surface area contributed by atoms with Crippen LogP contribution in [0.5, 0.6) is 0 Å². The molecule has 4 nitrogen and oxygen atoms in total. The quantitative estimate of drug-likeness (QED) is 0.870. The van der Waals surface area contributed by atoms with E-state index in [1.165, 1.54) is 10.8 Å². The third-order valence-electron chi connectivity index (χ3n) is 5.79. The van der Waals surface area contributed by atoms with Gasteiger partial charge in [-0.25, -0.2) is 0 Å². The molecule has 130 valence electrons. The maximum absolute atomic E-state index is 13.1. The van der Waals surface area contributed by atoms with Gasteiger partial charge in [0.05, 0.1) is 0 Å². The largest absolute Gasteiger partial charge is 0.350 e. The van der Waals surface area contributed by atoms with Gasteiger partial charge in [-0.3, -0.25) is 9.59 Å². The number of hydrogen-bond acceptors (Lipinski definition) is 2. The van der Waals surface area contributed by atoms with Crippen LogP contribution in [-0.2, 0) is 16.1 Å². The van der Waals surface area contributed by atoms with Gasteiger partial charge in [-0.05, 0) is 29.2 Å². The van der Waals surface area contributed by atoms with E-state index in [-0.39, 0.29) is 11.8 Å². The number of likely N-dealkylation sites (tertiary alicyclic amines) is 1. The van der Waals surface area contributed by atoms with Gasteiger partial charge in [0, 0.05) is 19.5 Å². The van der Waals surface area contributed by atoms with Gasteiger partial charge in [-0.1, -0.05) is 61.7 Å². The van der Waals surface area contributed by atoms with Crippen molar-refractivity contribution >= 4 is 22.6 Å². The topological polar surface area (TPSA) is 49.4 Å². The van der Waals surface area contributed by atoms with Crippen LogP contribution in [0.25, 0.3) is 10.8 Å². The summed E-state index contributed by atoms with van der Waals surface area (Å²) in [6, 6.07) is 14.4. The predicted molar refractivity (Wildman–Crippen MR) is 97.9 cm³/mol. The van der Waals surface area contributed by atoms with Crippen molar-refractivity contribution in [3.8, 4) is 0 Å². The van der Waals surface area contributed by atoms with E-state index in [0.717, 1.165) is 44.2 Å². The Kier molecular flexibility index (Phi) is 4.20. The van der Waals surface area contributed by atoms with Gasteiger partial charge in [-0.2, -0.15) is 0 Å². The number of amides is 2. The molecule has 1 aliphatic carbocycles. The van der Waals surface area contributed by atoms with Crippen molar-refractivity contribution in [2.75, 3.05) is 6.54 Å². The third kappa shape index (κ3) is 2.80. The normalized spacial score (nSPS) is 19.5. The predicted octanol–water partition coefficient (Wildman–Crippen LogP) is 3.39. The standard InChI is InChI=1S/C21H24N2O2/c24-19-11-14-23(19)21(12-4-1-5-13-21)20(25)22-15-17-9-6-8-16-7-2-3-10-18(16)17/h2-3,6-10H,1,4-5,11-15H2,(H,22,25). The van der Waals surface area contributed by atoms with Crippen LogP contribution in [0.15, 0.2) is 42.5 Å². The minimum Gasteiger partial charge on any atom is -0.350 e. The second kappa shape index (κ2) is 6.51. The molecule has 2 aromatic rings. The highest BCUT2D eigenvalue weighted by Crippen LogP contribution is 2.37. The van der Waals surface area contributed by atoms with Crippen LogP contribution < -0.4 is 5.32 Å². The van der Waals surface area contributed by atoms with Gasteiger partial charge in [-0.15, -0.1) is 0 Å². The molecule has 1 saturated heterocycles. The first-order chi connectivity index (χ1) is 12.2. The van der Waals surface area contributed by atoms with Gasteiger partial charge < -0.3 is 10.2 Å². The third-order valence-corrected chi connectivity index (χ3v) is 5.79. The molecule has 4 heteroatoms. The molecule has 0 aromatic heterocycles. The molecule has 4 rings (SSSR count). The van der Waals surface area contributed by atoms with Crippen LogP contribution in [0.2, 0.25) is 0 Å². The number of nitrogens with one attached hydrogen (secondary N) is 1. The molecule has 1 aliphatic heterocycles. The van der Waals surface area contributed by atoms with E-state index in [0.29, 0.717) is 13.0 Å². The van der Waals surface area contributed by atoms with Crippen LogP contribution in [0.4, 0.5) is 0 Å². The number of nitrogens with zero attached hydrogens (tertiary/aromatic N) is 1. The Bertz CT molecular complexity index is 803. The summed E-state index contributed by atoms with van der Waals surface area (Å²) in [6.07, 6.45) is 5.36. The monoisotopic (exact) mass is 336 g/mol. The minimum atomic E-state index is -0.613. The van der Waals surface area contributed by atoms with Crippen molar-refractivity contribution in [2.45, 2.75) is 50.6 Å². The number of carbonyl (C=O) groups excluding carboxylic acids is 2. The van der Waals surface area contributed by atoms with E-state index in [1.807, 2.05) is 23.1 Å². The van der Waals surface area contributed by atoms with Crippen LogP contribution >= 0.6 is 0 Å². The highest BCUT2D eigenvalue weighted by atomic mass is 16.2. The minimum absolute atomic E-state index is 0.0215. The molecule has 0 atom stereocenters. The lowest BCUT2D eigenvalue weighted by Gasteiger charge is -2.49. The zero-order valence-electron chi connectivity index (χ0n) is 14.5. The molecule has 2 fully saturated rings. The van der Waals surface area contributed by atoms with Crippen molar-refractivity contribution in [2.24, 2.45) is 0 Å². The van der Waals surface area contributed by atoms with E-state index in [4.69, 9.17) is 0 Å². The summed E-state index contributed by atoms with van der Waals surface area (Å²) in [6.45, 7) is 1.23. The first-order valence-electron chi connectivity index (χ1n) is 9.26. The molecule has 2 aromatic carbocycles. The van der Waals surface area contributed by atoms with Crippen LogP contribution in [0.1, 0.15) is 44.1 Å². The van der Waals surface area contributed by atoms with Crippen molar-refractivity contribution in [3.05, 3.63) is 48.0 Å². The molecule has 0 spiro atoms. The highest BCUT2D eigenvalue weighted by Gasteiger charge is 2.49. The van der Waals surface area contributed by atoms with Gasteiger partial charge in [0.2, 0.25) is 11.8 Å². The molecular formula is C21H24N2O2. The van der Waals surface area contributed by atoms with Crippen LogP contribution in [0, 0.1) is 0 Å². The zero-order chi connectivity index (χ0) is 17.3. The van der Waals surface area contributed by atoms with E-state index < -0.39 is 5.54 Å². The van der Waals surface area contributed by atoms with Gasteiger partial charge in [0.1, 0.15) is 5.54 Å². The van der Waals surface area contributed by atoms with Gasteiger partial charge in [0.15, 0.2) is 0 Å². The SMILES string of the molecule is O=C1CCN1C1(C(=O)NCc2cccc3ccccc23)CCCCC1. The fourth-order valence-corrected chi connectivity index (χ4v) is 4.31. The van der Waals surface area contributed by atoms with E-state index in [1.54, 1.807) is 0 Å². The number of benzene rings is 2. The molecule has 0 unspecified atom stereocenters. The number of hydrogen-bond donors (Lipinski definition) is 1. The summed E-state index contributed by atoms with van der Waals surface area (Å²) in [7, 11) is 0. The Hall–Kier alpha value is -2.36. The summed E-state index contributed by atoms with van der Waals surface area (Å²) in [4.78, 5) is 27.0. The summed E-state index contributed by atoms with van der Waals surface area (Å²) < 4.78 is 0. The van der Waals surface area contributed by atoms with Gasteiger partial charge in [0.25, 0.3) is 0 Å². The van der Waals surface area contributed by atoms with Crippen LogP contribution in [-0.4, -0.2) is 28.8 Å². The summed E-state index contributed by atoms with van der Waals surface area (Å²) in [5, 5.41) is 5.49. The number of carbonyl (C=O) groups is 2. The summed E-state index contributed by atoms with van der Waals surface area (Å²) in [5.74, 6) is 0.149. The molecule has 0 bridgehead atoms. The molecule has 1 N–H and O–H groups in total. The Labute approximate surface area is 148 Å². The second-order valence-corrected chi connectivity index (χ2v) is 7.21. The fourth-order valence-electron chi connectivity index (χ4n) is 4.31. The molecule has 2 amide bonds. The zero-order valence-corrected chi connectivity index (χ0v) is 14.5. The van der Waals surface area contributed by atoms with Crippen LogP contribution in [0.3, 0.4) is 0 Å². The van der Waals surface area contributed by atoms with Crippen molar-refractivity contribution in [1.82, 2.24) is 10.2 Å². The van der Waals surface area contributed by atoms with E-state index in [9.17, 15) is 9.59 Å². The van der Waals surface area contributed by atoms with Crippen molar-refractivity contribution in [1.29, 1.82) is 0 Å². The Morgan fingerprint density at radius 2 is 1.80 bits per heavy atom. The number of β-lactam (4-membered cyclic amide) rings is 1. The molecule has 2 aliphatic rings. The van der Waals surface area contributed by atoms with E-state index in [2.05, 4.69) is 29.6 Å². The number of fused-ring (bicyclic) bond motifs is 1. The second-order valence-electron chi connectivity index (χ2n) is 7.21. The summed E-state index contributed by atoms with van der Waals surface area (Å²) >= 11 is 0. The molecule has 25 heavy (non-hydrogen) atoms. The highest BCUT2D eigenvalue weighted by molar-refractivity contribution is 5.94. The van der Waals surface area contributed by atoms with Crippen molar-refractivity contribution in [3.63, 3.8) is 0 Å². The average molecular weight is 336 g/mol. The Morgan fingerprint density at radius 1 is 1.04 bits per heavy atom. The molecule has 1 saturated carbocycles. The lowest BCUT2D eigenvalue weighted by atomic mass is 9.77. The molecular weight excluding hydrogens is 312 g/mol. The van der Waals surface area contributed by atoms with Crippen molar-refractivity contribution < 1.29 is 9.59 Å². The molecule has 1 heterocycles. The average Bonchev–Trinajstić information content (AvgIpc) is 2.65. The van der Waals surface area contributed by atoms with Gasteiger partial charge >= 0.3 is 0 Å². The summed E-state index contributed by atoms with van der Waals surface area (Å²) in [5.41, 5.74) is 0.505. The number of rotatable bonds is 4. The maximum Gasteiger partial charge on any atom is 0.246 e. The smallest absolute Gasteiger partial charge is 0.246 e. The lowest BCUT2D eigenvalue weighted by molar-refractivity contribution is -0.159. The Morgan fingerprint density at radius 3 is 2.52 bits per heavy atom. The lowest BCUT2D eigenvalue weighted by Crippen LogP contribution is -2.65. The molecule has 0 radical (unpaired) electrons. The fraction of sp³-hybridized carbons (Fsp3) is 0.429. The first kappa shape index (κ1) is 16.1. The Balaban J connectivity index is 1.54. The maximum atomic E-state index is 13.1. The first-order valence-corrected chi connectivity index (χ1v) is 9.26.